The Balaban J connectivity index is 1.69. The molecule has 0 bridgehead atoms. The third-order valence-corrected chi connectivity index (χ3v) is 5.92. The van der Waals surface area contributed by atoms with E-state index in [1.807, 2.05) is 6.07 Å². The van der Waals surface area contributed by atoms with Gasteiger partial charge < -0.3 is 5.32 Å². The van der Waals surface area contributed by atoms with Crippen molar-refractivity contribution in [2.24, 2.45) is 7.05 Å². The number of nitrogens with zero attached hydrogens (tertiary/aromatic N) is 6. The summed E-state index contributed by atoms with van der Waals surface area (Å²) in [5.74, 6) is -5.66. The minimum atomic E-state index is -5.81. The van der Waals surface area contributed by atoms with Crippen molar-refractivity contribution in [3.05, 3.63) is 34.0 Å². The Labute approximate surface area is 181 Å². The maximum Gasteiger partial charge on any atom is 0.459 e. The number of nitrogens with one attached hydrogen (secondary N) is 1. The van der Waals surface area contributed by atoms with Crippen LogP contribution in [-0.4, -0.2) is 42.9 Å². The van der Waals surface area contributed by atoms with Crippen molar-refractivity contribution in [1.29, 1.82) is 5.26 Å². The fraction of sp³-hybridized carbons (Fsp3) is 0.389. The van der Waals surface area contributed by atoms with Crippen LogP contribution in [0.2, 0.25) is 0 Å². The van der Waals surface area contributed by atoms with Crippen LogP contribution in [0.25, 0.3) is 16.4 Å². The van der Waals surface area contributed by atoms with Crippen LogP contribution in [0.3, 0.4) is 0 Å². The number of nitriles is 1. The highest BCUT2D eigenvalue weighted by atomic mass is 32.1. The molecule has 4 rings (SSSR count). The van der Waals surface area contributed by atoms with Crippen molar-refractivity contribution in [2.45, 2.75) is 37.9 Å². The maximum atomic E-state index is 13.8. The van der Waals surface area contributed by atoms with E-state index < -0.39 is 23.4 Å². The van der Waals surface area contributed by atoms with Gasteiger partial charge in [-0.05, 0) is 25.8 Å². The number of aromatic nitrogens is 5. The van der Waals surface area contributed by atoms with Gasteiger partial charge in [0.1, 0.15) is 22.3 Å². The van der Waals surface area contributed by atoms with Crippen molar-refractivity contribution < 1.29 is 26.7 Å². The summed E-state index contributed by atoms with van der Waals surface area (Å²) in [6, 6.07) is 3.51. The first-order valence-corrected chi connectivity index (χ1v) is 10.0. The van der Waals surface area contributed by atoms with Crippen LogP contribution in [0, 0.1) is 18.3 Å². The number of hydrogen-bond acceptors (Lipinski definition) is 6. The number of halogens is 5. The number of amides is 1. The van der Waals surface area contributed by atoms with Crippen LogP contribution in [0.1, 0.15) is 39.3 Å². The topological polar surface area (TPSA) is 101 Å². The Morgan fingerprint density at radius 3 is 2.59 bits per heavy atom. The molecule has 0 unspecified atom stereocenters. The summed E-state index contributed by atoms with van der Waals surface area (Å²) in [6.45, 7) is 1.08. The van der Waals surface area contributed by atoms with E-state index in [1.54, 1.807) is 0 Å². The van der Waals surface area contributed by atoms with Gasteiger partial charge >= 0.3 is 12.1 Å². The summed E-state index contributed by atoms with van der Waals surface area (Å²) < 4.78 is 68.0. The van der Waals surface area contributed by atoms with E-state index in [9.17, 15) is 32.0 Å². The molecule has 8 nitrogen and oxygen atoms in total. The van der Waals surface area contributed by atoms with Crippen molar-refractivity contribution >= 4 is 17.2 Å². The zero-order valence-corrected chi connectivity index (χ0v) is 17.4. The summed E-state index contributed by atoms with van der Waals surface area (Å²) in [6.07, 6.45) is -2.76. The molecule has 1 saturated carbocycles. The third-order valence-electron chi connectivity index (χ3n) is 4.85. The maximum absolute atomic E-state index is 13.8. The zero-order chi connectivity index (χ0) is 23.4. The molecule has 3 aromatic heterocycles. The SMILES string of the molecule is Cc1c(C(F)(F)C(F)(F)F)nn(C)c1-n1cc(-c2cc(C(=O)NC3CC3)c(C#N)s2)nn1. The van der Waals surface area contributed by atoms with E-state index in [-0.39, 0.29) is 33.9 Å². The molecule has 1 fully saturated rings. The number of aryl methyl sites for hydroxylation is 1. The molecule has 0 saturated heterocycles. The van der Waals surface area contributed by atoms with Gasteiger partial charge in [0.05, 0.1) is 16.6 Å². The first kappa shape index (κ1) is 21.9. The smallest absolute Gasteiger partial charge is 0.349 e. The molecular formula is C18H14F5N7OS. The molecule has 1 aliphatic carbocycles. The molecule has 3 heterocycles. The average Bonchev–Trinajstić information content (AvgIpc) is 3.12. The van der Waals surface area contributed by atoms with Gasteiger partial charge in [-0.15, -0.1) is 16.4 Å². The molecule has 168 valence electrons. The van der Waals surface area contributed by atoms with Crippen molar-refractivity contribution in [2.75, 3.05) is 0 Å². The number of carbonyl (C=O) groups excluding carboxylic acids is 1. The Hall–Kier alpha value is -3.34. The lowest BCUT2D eigenvalue weighted by atomic mass is 10.1. The average molecular weight is 471 g/mol. The van der Waals surface area contributed by atoms with Gasteiger partial charge in [-0.2, -0.15) is 32.3 Å². The molecule has 0 radical (unpaired) electrons. The molecule has 0 spiro atoms. The van der Waals surface area contributed by atoms with E-state index in [0.29, 0.717) is 4.88 Å². The number of rotatable bonds is 5. The molecule has 0 aromatic carbocycles. The van der Waals surface area contributed by atoms with E-state index >= 15 is 0 Å². The Morgan fingerprint density at radius 1 is 1.31 bits per heavy atom. The highest BCUT2D eigenvalue weighted by Crippen LogP contribution is 2.45. The Morgan fingerprint density at radius 2 is 2.00 bits per heavy atom. The molecular weight excluding hydrogens is 457 g/mol. The monoisotopic (exact) mass is 471 g/mol. The van der Waals surface area contributed by atoms with Crippen molar-refractivity contribution in [3.8, 4) is 22.5 Å². The van der Waals surface area contributed by atoms with Crippen LogP contribution >= 0.6 is 11.3 Å². The zero-order valence-electron chi connectivity index (χ0n) is 16.5. The standard InChI is InChI=1S/C18H14F5N7OS/c1-8-14(17(19,20)18(21,22)23)27-29(2)16(8)30-7-11(26-28-30)12-5-10(13(6-24)32-12)15(31)25-9-3-4-9/h5,7,9H,3-4H2,1-2H3,(H,25,31). The lowest BCUT2D eigenvalue weighted by Gasteiger charge is -2.17. The summed E-state index contributed by atoms with van der Waals surface area (Å²) >= 11 is 0.989. The minimum absolute atomic E-state index is 0.0927. The summed E-state index contributed by atoms with van der Waals surface area (Å²) in [5, 5.41) is 23.2. The first-order valence-electron chi connectivity index (χ1n) is 9.20. The van der Waals surface area contributed by atoms with E-state index in [0.717, 1.165) is 40.5 Å². The molecule has 14 heteroatoms. The molecule has 1 N–H and O–H groups in total. The van der Waals surface area contributed by atoms with E-state index in [4.69, 9.17) is 0 Å². The quantitative estimate of drug-likeness (QED) is 0.575. The minimum Gasteiger partial charge on any atom is -0.349 e. The second-order valence-corrected chi connectivity index (χ2v) is 8.31. The lowest BCUT2D eigenvalue weighted by molar-refractivity contribution is -0.291. The predicted molar refractivity (Wildman–Crippen MR) is 101 cm³/mol. The second-order valence-electron chi connectivity index (χ2n) is 7.25. The predicted octanol–water partition coefficient (Wildman–Crippen LogP) is 3.46. The van der Waals surface area contributed by atoms with Gasteiger partial charge in [0, 0.05) is 18.7 Å². The highest BCUT2D eigenvalue weighted by molar-refractivity contribution is 7.16. The normalized spacial score (nSPS) is 14.4. The summed E-state index contributed by atoms with van der Waals surface area (Å²) in [4.78, 5) is 12.9. The van der Waals surface area contributed by atoms with Crippen LogP contribution < -0.4 is 5.32 Å². The number of thiophene rings is 1. The van der Waals surface area contributed by atoms with E-state index in [2.05, 4.69) is 20.7 Å². The van der Waals surface area contributed by atoms with Crippen molar-refractivity contribution in [1.82, 2.24) is 30.1 Å². The Kier molecular flexibility index (Phi) is 5.04. The second kappa shape index (κ2) is 7.37. The van der Waals surface area contributed by atoms with Gasteiger partial charge in [0.2, 0.25) is 0 Å². The van der Waals surface area contributed by atoms with Gasteiger partial charge in [-0.25, -0.2) is 4.68 Å². The molecule has 0 atom stereocenters. The molecule has 32 heavy (non-hydrogen) atoms. The van der Waals surface area contributed by atoms with Crippen LogP contribution in [0.4, 0.5) is 22.0 Å². The third kappa shape index (κ3) is 3.62. The van der Waals surface area contributed by atoms with E-state index in [1.165, 1.54) is 19.3 Å². The fourth-order valence-corrected chi connectivity index (χ4v) is 4.02. The summed E-state index contributed by atoms with van der Waals surface area (Å²) in [7, 11) is 1.21. The number of carbonyl (C=O) groups is 1. The van der Waals surface area contributed by atoms with Gasteiger partial charge in [0.15, 0.2) is 5.82 Å². The summed E-state index contributed by atoms with van der Waals surface area (Å²) in [5.41, 5.74) is -1.46. The highest BCUT2D eigenvalue weighted by Gasteiger charge is 2.61. The largest absolute Gasteiger partial charge is 0.459 e. The molecule has 1 aliphatic rings. The van der Waals surface area contributed by atoms with Crippen LogP contribution in [0.5, 0.6) is 0 Å². The van der Waals surface area contributed by atoms with Gasteiger partial charge in [-0.3, -0.25) is 9.48 Å². The molecule has 1 amide bonds. The van der Waals surface area contributed by atoms with Crippen molar-refractivity contribution in [3.63, 3.8) is 0 Å². The number of hydrogen-bond donors (Lipinski definition) is 1. The first-order chi connectivity index (χ1) is 14.9. The van der Waals surface area contributed by atoms with Crippen LogP contribution in [0.15, 0.2) is 12.3 Å². The van der Waals surface area contributed by atoms with Crippen LogP contribution in [-0.2, 0) is 13.0 Å². The van der Waals surface area contributed by atoms with Gasteiger partial charge in [-0.1, -0.05) is 5.21 Å². The van der Waals surface area contributed by atoms with Gasteiger partial charge in [0.25, 0.3) is 5.91 Å². The molecule has 3 aromatic rings. The Bertz CT molecular complexity index is 1250. The fourth-order valence-electron chi connectivity index (χ4n) is 3.11. The lowest BCUT2D eigenvalue weighted by Crippen LogP contribution is -2.34. The molecule has 0 aliphatic heterocycles. The number of alkyl halides is 5.